The molecule has 2 rings (SSSR count). The van der Waals surface area contributed by atoms with Gasteiger partial charge in [-0.15, -0.1) is 0 Å². The van der Waals surface area contributed by atoms with E-state index >= 15 is 0 Å². The van der Waals surface area contributed by atoms with Gasteiger partial charge in [0.15, 0.2) is 0 Å². The molecule has 104 valence electrons. The van der Waals surface area contributed by atoms with E-state index in [-0.39, 0.29) is 12.5 Å². The molecular weight excluding hydrogens is 308 g/mol. The number of benzene rings is 1. The van der Waals surface area contributed by atoms with Gasteiger partial charge in [-0.05, 0) is 38.2 Å². The quantitative estimate of drug-likeness (QED) is 0.926. The molecule has 1 aliphatic heterocycles. The Morgan fingerprint density at radius 1 is 1.37 bits per heavy atom. The molecule has 1 aliphatic rings. The molecule has 4 nitrogen and oxygen atoms in total. The summed E-state index contributed by atoms with van der Waals surface area (Å²) in [5, 5.41) is 9.09. The Morgan fingerprint density at radius 3 is 2.58 bits per heavy atom. The van der Waals surface area contributed by atoms with Gasteiger partial charge in [-0.25, -0.2) is 0 Å². The van der Waals surface area contributed by atoms with Crippen LogP contribution in [0.25, 0.3) is 0 Å². The van der Waals surface area contributed by atoms with E-state index in [1.165, 1.54) is 0 Å². The first-order chi connectivity index (χ1) is 8.97. The summed E-state index contributed by atoms with van der Waals surface area (Å²) >= 11 is 3.43. The number of piperazine rings is 1. The third kappa shape index (κ3) is 3.48. The molecule has 1 heterocycles. The number of carbonyl (C=O) groups is 1. The van der Waals surface area contributed by atoms with Gasteiger partial charge in [-0.1, -0.05) is 15.9 Å². The van der Waals surface area contributed by atoms with E-state index in [1.54, 1.807) is 0 Å². The molecule has 1 fully saturated rings. The Bertz CT molecular complexity index is 449. The minimum Gasteiger partial charge on any atom is -0.481 e. The fourth-order valence-electron chi connectivity index (χ4n) is 2.86. The summed E-state index contributed by atoms with van der Waals surface area (Å²) in [4.78, 5) is 15.5. The van der Waals surface area contributed by atoms with E-state index in [4.69, 9.17) is 5.11 Å². The molecule has 2 unspecified atom stereocenters. The van der Waals surface area contributed by atoms with E-state index < -0.39 is 5.97 Å². The van der Waals surface area contributed by atoms with E-state index in [0.717, 1.165) is 23.2 Å². The first-order valence-corrected chi connectivity index (χ1v) is 7.21. The van der Waals surface area contributed by atoms with Gasteiger partial charge in [0.25, 0.3) is 0 Å². The Labute approximate surface area is 122 Å². The number of likely N-dealkylation sites (N-methyl/N-ethyl adjacent to an activating group) is 1. The van der Waals surface area contributed by atoms with Crippen molar-refractivity contribution in [3.05, 3.63) is 28.7 Å². The molecule has 1 saturated heterocycles. The number of nitrogens with zero attached hydrogens (tertiary/aromatic N) is 2. The summed E-state index contributed by atoms with van der Waals surface area (Å²) in [5.74, 6) is -0.741. The van der Waals surface area contributed by atoms with Crippen molar-refractivity contribution >= 4 is 27.6 Å². The lowest BCUT2D eigenvalue weighted by Crippen LogP contribution is -2.57. The molecule has 1 N–H and O–H groups in total. The molecule has 0 amide bonds. The molecule has 0 spiro atoms. The van der Waals surface area contributed by atoms with Gasteiger partial charge in [0.2, 0.25) is 0 Å². The monoisotopic (exact) mass is 326 g/mol. The fraction of sp³-hybridized carbons (Fsp3) is 0.500. The highest BCUT2D eigenvalue weighted by molar-refractivity contribution is 9.10. The molecule has 0 aliphatic carbocycles. The maximum absolute atomic E-state index is 11.1. The Kier molecular flexibility index (Phi) is 4.47. The predicted molar refractivity (Wildman–Crippen MR) is 79.6 cm³/mol. The Morgan fingerprint density at radius 2 is 2.00 bits per heavy atom. The highest BCUT2D eigenvalue weighted by atomic mass is 79.9. The lowest BCUT2D eigenvalue weighted by Gasteiger charge is -2.45. The lowest BCUT2D eigenvalue weighted by molar-refractivity contribution is -0.137. The van der Waals surface area contributed by atoms with E-state index in [0.29, 0.717) is 6.04 Å². The van der Waals surface area contributed by atoms with E-state index in [2.05, 4.69) is 32.7 Å². The zero-order chi connectivity index (χ0) is 14.0. The SMILES string of the molecule is CC1CN(C)CC(CC(=O)O)N1c1ccc(Br)cc1. The molecule has 5 heteroatoms. The summed E-state index contributed by atoms with van der Waals surface area (Å²) in [7, 11) is 2.05. The van der Waals surface area contributed by atoms with Crippen LogP contribution in [-0.4, -0.2) is 48.2 Å². The summed E-state index contributed by atoms with van der Waals surface area (Å²) < 4.78 is 1.04. The van der Waals surface area contributed by atoms with Crippen LogP contribution in [0.5, 0.6) is 0 Å². The zero-order valence-corrected chi connectivity index (χ0v) is 12.8. The van der Waals surface area contributed by atoms with Gasteiger partial charge in [0.05, 0.1) is 12.5 Å². The van der Waals surface area contributed by atoms with Crippen molar-refractivity contribution < 1.29 is 9.90 Å². The van der Waals surface area contributed by atoms with Crippen LogP contribution in [0.15, 0.2) is 28.7 Å². The average molecular weight is 327 g/mol. The van der Waals surface area contributed by atoms with Crippen LogP contribution in [0.2, 0.25) is 0 Å². The minimum absolute atomic E-state index is 0.0208. The van der Waals surface area contributed by atoms with Crippen LogP contribution in [0.4, 0.5) is 5.69 Å². The summed E-state index contributed by atoms with van der Waals surface area (Å²) in [6.45, 7) is 3.88. The van der Waals surface area contributed by atoms with Gasteiger partial charge < -0.3 is 14.9 Å². The highest BCUT2D eigenvalue weighted by Crippen LogP contribution is 2.27. The first-order valence-electron chi connectivity index (χ1n) is 6.41. The predicted octanol–water partition coefficient (Wildman–Crippen LogP) is 2.43. The summed E-state index contributed by atoms with van der Waals surface area (Å²) in [6.07, 6.45) is 0.171. The standard InChI is InChI=1S/C14H19BrN2O2/c1-10-8-16(2)9-13(7-14(18)19)17(10)12-5-3-11(15)4-6-12/h3-6,10,13H,7-9H2,1-2H3,(H,18,19). The molecule has 1 aromatic rings. The maximum Gasteiger partial charge on any atom is 0.305 e. The van der Waals surface area contributed by atoms with E-state index in [9.17, 15) is 4.79 Å². The highest BCUT2D eigenvalue weighted by Gasteiger charge is 2.32. The third-order valence-electron chi connectivity index (χ3n) is 3.50. The van der Waals surface area contributed by atoms with Crippen molar-refractivity contribution in [3.8, 4) is 0 Å². The van der Waals surface area contributed by atoms with Crippen LogP contribution in [0.1, 0.15) is 13.3 Å². The number of hydrogen-bond acceptors (Lipinski definition) is 3. The van der Waals surface area contributed by atoms with Crippen LogP contribution < -0.4 is 4.90 Å². The molecule has 1 aromatic carbocycles. The largest absolute Gasteiger partial charge is 0.481 e. The lowest BCUT2D eigenvalue weighted by atomic mass is 10.0. The van der Waals surface area contributed by atoms with Gasteiger partial charge in [-0.2, -0.15) is 0 Å². The number of carboxylic acid groups (broad SMARTS) is 1. The van der Waals surface area contributed by atoms with Crippen molar-refractivity contribution in [1.29, 1.82) is 0 Å². The second kappa shape index (κ2) is 5.92. The van der Waals surface area contributed by atoms with Crippen molar-refractivity contribution in [2.24, 2.45) is 0 Å². The van der Waals surface area contributed by atoms with E-state index in [1.807, 2.05) is 31.3 Å². The number of rotatable bonds is 3. The van der Waals surface area contributed by atoms with Crippen molar-refractivity contribution in [2.75, 3.05) is 25.0 Å². The van der Waals surface area contributed by atoms with Crippen LogP contribution in [-0.2, 0) is 4.79 Å². The fourth-order valence-corrected chi connectivity index (χ4v) is 3.13. The second-order valence-electron chi connectivity index (χ2n) is 5.21. The van der Waals surface area contributed by atoms with Gasteiger partial charge in [0, 0.05) is 29.3 Å². The van der Waals surface area contributed by atoms with Crippen molar-refractivity contribution in [2.45, 2.75) is 25.4 Å². The number of halogens is 1. The normalized spacial score (nSPS) is 24.5. The summed E-state index contributed by atoms with van der Waals surface area (Å²) in [5.41, 5.74) is 1.09. The number of anilines is 1. The van der Waals surface area contributed by atoms with Crippen LogP contribution >= 0.6 is 15.9 Å². The third-order valence-corrected chi connectivity index (χ3v) is 4.03. The maximum atomic E-state index is 11.1. The number of hydrogen-bond donors (Lipinski definition) is 1. The molecular formula is C14H19BrN2O2. The topological polar surface area (TPSA) is 43.8 Å². The van der Waals surface area contributed by atoms with Crippen molar-refractivity contribution in [1.82, 2.24) is 4.90 Å². The minimum atomic E-state index is -0.741. The summed E-state index contributed by atoms with van der Waals surface area (Å²) in [6, 6.07) is 8.41. The van der Waals surface area contributed by atoms with Crippen molar-refractivity contribution in [3.63, 3.8) is 0 Å². The number of aliphatic carboxylic acids is 1. The molecule has 0 saturated carbocycles. The molecule has 0 radical (unpaired) electrons. The molecule has 2 atom stereocenters. The molecule has 19 heavy (non-hydrogen) atoms. The first kappa shape index (κ1) is 14.3. The number of carboxylic acids is 1. The van der Waals surface area contributed by atoms with Crippen LogP contribution in [0.3, 0.4) is 0 Å². The second-order valence-corrected chi connectivity index (χ2v) is 6.12. The average Bonchev–Trinajstić information content (AvgIpc) is 2.29. The zero-order valence-electron chi connectivity index (χ0n) is 11.2. The smallest absolute Gasteiger partial charge is 0.305 e. The van der Waals surface area contributed by atoms with Gasteiger partial charge in [0.1, 0.15) is 0 Å². The Hall–Kier alpha value is -1.07. The van der Waals surface area contributed by atoms with Crippen LogP contribution in [0, 0.1) is 0 Å². The van der Waals surface area contributed by atoms with Gasteiger partial charge >= 0.3 is 5.97 Å². The molecule has 0 bridgehead atoms. The molecule has 0 aromatic heterocycles. The van der Waals surface area contributed by atoms with Gasteiger partial charge in [-0.3, -0.25) is 4.79 Å². The Balaban J connectivity index is 2.26.